The molecule has 3 rings (SSSR count). The Balaban J connectivity index is 1.77. The third kappa shape index (κ3) is 5.17. The van der Waals surface area contributed by atoms with E-state index in [0.717, 1.165) is 30.9 Å². The lowest BCUT2D eigenvalue weighted by Crippen LogP contribution is -2.30. The van der Waals surface area contributed by atoms with Gasteiger partial charge in [-0.1, -0.05) is 24.3 Å². The van der Waals surface area contributed by atoms with Gasteiger partial charge in [-0.15, -0.1) is 0 Å². The molecule has 2 aromatic carbocycles. The van der Waals surface area contributed by atoms with Gasteiger partial charge in [-0.25, -0.2) is 4.99 Å². The van der Waals surface area contributed by atoms with Gasteiger partial charge in [0.05, 0.1) is 27.9 Å². The molecule has 1 aliphatic heterocycles. The van der Waals surface area contributed by atoms with Crippen LogP contribution in [-0.2, 0) is 6.54 Å². The molecule has 0 radical (unpaired) electrons. The van der Waals surface area contributed by atoms with Gasteiger partial charge in [-0.05, 0) is 24.6 Å². The number of ether oxygens (including phenoxy) is 3. The van der Waals surface area contributed by atoms with Crippen LogP contribution in [0.2, 0.25) is 0 Å². The molecule has 1 heterocycles. The molecule has 30 heavy (non-hydrogen) atoms. The molecule has 0 fully saturated rings. The molecule has 0 aromatic heterocycles. The van der Waals surface area contributed by atoms with Gasteiger partial charge < -0.3 is 29.7 Å². The Morgan fingerprint density at radius 1 is 1.00 bits per heavy atom. The number of rotatable bonds is 8. The maximum Gasteiger partial charge on any atom is 0.203 e. The van der Waals surface area contributed by atoms with Crippen LogP contribution in [0.4, 0.5) is 11.4 Å². The van der Waals surface area contributed by atoms with Crippen molar-refractivity contribution < 1.29 is 14.2 Å². The number of anilines is 2. The number of nitrogens with zero attached hydrogens (tertiary/aromatic N) is 2. The van der Waals surface area contributed by atoms with E-state index < -0.39 is 0 Å². The number of hydrogen-bond donors (Lipinski definition) is 2. The molecule has 0 atom stereocenters. The summed E-state index contributed by atoms with van der Waals surface area (Å²) < 4.78 is 16.3. The summed E-state index contributed by atoms with van der Waals surface area (Å²) in [5.41, 5.74) is 3.16. The molecule has 0 saturated heterocycles. The molecule has 0 unspecified atom stereocenters. The van der Waals surface area contributed by atoms with Gasteiger partial charge in [0.25, 0.3) is 0 Å². The molecule has 0 saturated carbocycles. The molecule has 0 aliphatic carbocycles. The summed E-state index contributed by atoms with van der Waals surface area (Å²) in [6.07, 6.45) is 4.38. The lowest BCUT2D eigenvalue weighted by atomic mass is 10.2. The van der Waals surface area contributed by atoms with Crippen LogP contribution in [0.3, 0.4) is 0 Å². The average Bonchev–Trinajstić information content (AvgIpc) is 3.32. The Labute approximate surface area is 178 Å². The fourth-order valence-electron chi connectivity index (χ4n) is 3.31. The van der Waals surface area contributed by atoms with Crippen LogP contribution < -0.4 is 29.7 Å². The Kier molecular flexibility index (Phi) is 7.43. The molecular formula is C23H30N4O3. The number of benzene rings is 2. The van der Waals surface area contributed by atoms with Gasteiger partial charge in [-0.2, -0.15) is 0 Å². The van der Waals surface area contributed by atoms with E-state index in [-0.39, 0.29) is 0 Å². The molecule has 160 valence electrons. The summed E-state index contributed by atoms with van der Waals surface area (Å²) in [4.78, 5) is 7.07. The van der Waals surface area contributed by atoms with Crippen molar-refractivity contribution in [1.29, 1.82) is 0 Å². The molecule has 7 nitrogen and oxygen atoms in total. The van der Waals surface area contributed by atoms with Gasteiger partial charge in [0, 0.05) is 43.1 Å². The zero-order chi connectivity index (χ0) is 21.3. The highest BCUT2D eigenvalue weighted by Crippen LogP contribution is 2.39. The van der Waals surface area contributed by atoms with Crippen molar-refractivity contribution in [2.45, 2.75) is 13.5 Å². The van der Waals surface area contributed by atoms with E-state index in [2.05, 4.69) is 52.0 Å². The molecule has 0 spiro atoms. The first-order valence-electron chi connectivity index (χ1n) is 10.0. The highest BCUT2D eigenvalue weighted by molar-refractivity contribution is 5.94. The van der Waals surface area contributed by atoms with Crippen LogP contribution in [0.15, 0.2) is 53.5 Å². The van der Waals surface area contributed by atoms with Gasteiger partial charge in [0.1, 0.15) is 0 Å². The van der Waals surface area contributed by atoms with Crippen molar-refractivity contribution in [1.82, 2.24) is 5.32 Å². The maximum atomic E-state index is 5.44. The second kappa shape index (κ2) is 10.4. The molecule has 0 amide bonds. The highest BCUT2D eigenvalue weighted by atomic mass is 16.5. The maximum absolute atomic E-state index is 5.44. The van der Waals surface area contributed by atoms with Crippen LogP contribution in [0.25, 0.3) is 0 Å². The largest absolute Gasteiger partial charge is 0.493 e. The summed E-state index contributed by atoms with van der Waals surface area (Å²) in [6.45, 7) is 5.26. The first-order valence-corrected chi connectivity index (χ1v) is 10.0. The van der Waals surface area contributed by atoms with Crippen molar-refractivity contribution in [2.24, 2.45) is 4.99 Å². The minimum Gasteiger partial charge on any atom is -0.493 e. The van der Waals surface area contributed by atoms with Crippen LogP contribution in [-0.4, -0.2) is 46.9 Å². The summed E-state index contributed by atoms with van der Waals surface area (Å²) >= 11 is 0. The summed E-state index contributed by atoms with van der Waals surface area (Å²) in [7, 11) is 4.79. The molecular weight excluding hydrogens is 380 g/mol. The summed E-state index contributed by atoms with van der Waals surface area (Å²) in [5.74, 6) is 2.41. The predicted molar refractivity (Wildman–Crippen MR) is 122 cm³/mol. The van der Waals surface area contributed by atoms with Gasteiger partial charge in [0.15, 0.2) is 17.5 Å². The highest BCUT2D eigenvalue weighted by Gasteiger charge is 2.14. The minimum atomic E-state index is 0.556. The first kappa shape index (κ1) is 21.4. The number of nitrogens with one attached hydrogen (secondary N) is 2. The standard InChI is InChI=1S/C23H30N4O3/c1-5-24-23(26-18-14-20(28-2)22(30-4)21(15-18)29-3)25-16-17-9-8-10-19(13-17)27-11-6-7-12-27/h6-10,13-15H,5,11-12,16H2,1-4H3,(H2,24,25,26). The summed E-state index contributed by atoms with van der Waals surface area (Å²) in [5, 5.41) is 6.60. The van der Waals surface area contributed by atoms with E-state index >= 15 is 0 Å². The molecule has 7 heteroatoms. The SMILES string of the molecule is CCNC(=NCc1cccc(N2CC=CC2)c1)Nc1cc(OC)c(OC)c(OC)c1. The van der Waals surface area contributed by atoms with Crippen molar-refractivity contribution in [3.63, 3.8) is 0 Å². The second-order valence-electron chi connectivity index (χ2n) is 6.78. The van der Waals surface area contributed by atoms with Crippen molar-refractivity contribution >= 4 is 17.3 Å². The van der Waals surface area contributed by atoms with Crippen LogP contribution in [0.5, 0.6) is 17.2 Å². The topological polar surface area (TPSA) is 67.4 Å². The Hall–Kier alpha value is -3.35. The quantitative estimate of drug-likeness (QED) is 0.393. The summed E-state index contributed by atoms with van der Waals surface area (Å²) in [6, 6.07) is 12.2. The lowest BCUT2D eigenvalue weighted by Gasteiger charge is -2.18. The average molecular weight is 411 g/mol. The zero-order valence-electron chi connectivity index (χ0n) is 18.1. The number of guanidine groups is 1. The second-order valence-corrected chi connectivity index (χ2v) is 6.78. The Bertz CT molecular complexity index is 878. The van der Waals surface area contributed by atoms with E-state index in [1.165, 1.54) is 5.69 Å². The van der Waals surface area contributed by atoms with E-state index in [1.54, 1.807) is 21.3 Å². The minimum absolute atomic E-state index is 0.556. The molecule has 2 aromatic rings. The third-order valence-corrected chi connectivity index (χ3v) is 4.79. The van der Waals surface area contributed by atoms with E-state index in [4.69, 9.17) is 19.2 Å². The van der Waals surface area contributed by atoms with Crippen LogP contribution in [0.1, 0.15) is 12.5 Å². The zero-order valence-corrected chi connectivity index (χ0v) is 18.1. The third-order valence-electron chi connectivity index (χ3n) is 4.79. The Morgan fingerprint density at radius 3 is 2.30 bits per heavy atom. The fraction of sp³-hybridized carbons (Fsp3) is 0.348. The number of aliphatic imine (C=N–C) groups is 1. The van der Waals surface area contributed by atoms with Crippen molar-refractivity contribution in [3.05, 3.63) is 54.1 Å². The van der Waals surface area contributed by atoms with Gasteiger partial charge >= 0.3 is 0 Å². The fourth-order valence-corrected chi connectivity index (χ4v) is 3.31. The predicted octanol–water partition coefficient (Wildman–Crippen LogP) is 3.67. The van der Waals surface area contributed by atoms with Crippen LogP contribution in [0, 0.1) is 0 Å². The number of methoxy groups -OCH3 is 3. The smallest absolute Gasteiger partial charge is 0.203 e. The van der Waals surface area contributed by atoms with E-state index in [9.17, 15) is 0 Å². The van der Waals surface area contributed by atoms with Crippen molar-refractivity contribution in [3.8, 4) is 17.2 Å². The van der Waals surface area contributed by atoms with Crippen LogP contribution >= 0.6 is 0 Å². The van der Waals surface area contributed by atoms with E-state index in [0.29, 0.717) is 29.8 Å². The monoisotopic (exact) mass is 410 g/mol. The first-order chi connectivity index (χ1) is 14.7. The van der Waals surface area contributed by atoms with E-state index in [1.807, 2.05) is 19.1 Å². The number of hydrogen-bond acceptors (Lipinski definition) is 5. The van der Waals surface area contributed by atoms with Gasteiger partial charge in [-0.3, -0.25) is 0 Å². The van der Waals surface area contributed by atoms with Crippen molar-refractivity contribution in [2.75, 3.05) is 51.2 Å². The van der Waals surface area contributed by atoms with Gasteiger partial charge in [0.2, 0.25) is 5.75 Å². The molecule has 2 N–H and O–H groups in total. The molecule has 0 bridgehead atoms. The Morgan fingerprint density at radius 2 is 1.70 bits per heavy atom. The molecule has 1 aliphatic rings. The lowest BCUT2D eigenvalue weighted by molar-refractivity contribution is 0.324. The normalized spacial score (nSPS) is 13.3.